The van der Waals surface area contributed by atoms with Crippen LogP contribution in [0, 0.1) is 46.3 Å². The van der Waals surface area contributed by atoms with Gasteiger partial charge in [-0.25, -0.2) is 0 Å². The van der Waals surface area contributed by atoms with Crippen LogP contribution in [0.15, 0.2) is 24.0 Å². The first kappa shape index (κ1) is 28.2. The molecule has 0 N–H and O–H groups in total. The molecule has 2 nitrogen and oxygen atoms in total. The number of carbonyl (C=O) groups is 1. The molecule has 3 aliphatic carbocycles. The van der Waals surface area contributed by atoms with Crippen molar-refractivity contribution in [2.45, 2.75) is 113 Å². The zero-order valence-corrected chi connectivity index (χ0v) is 23.4. The summed E-state index contributed by atoms with van der Waals surface area (Å²) >= 11 is 0. The minimum absolute atomic E-state index is 0.390. The monoisotopic (exact) mass is 457 g/mol. The molecule has 0 amide bonds. The molecule has 0 aromatic carbocycles. The van der Waals surface area contributed by atoms with Gasteiger partial charge in [0.15, 0.2) is 0 Å². The van der Waals surface area contributed by atoms with Crippen LogP contribution in [0.3, 0.4) is 0 Å². The van der Waals surface area contributed by atoms with E-state index in [1.54, 1.807) is 5.70 Å². The van der Waals surface area contributed by atoms with E-state index in [1.165, 1.54) is 69.9 Å². The number of allylic oxidation sites excluding steroid dienone is 3. The zero-order valence-electron chi connectivity index (χ0n) is 23.4. The second-order valence-corrected chi connectivity index (χ2v) is 12.3. The Labute approximate surface area is 206 Å². The van der Waals surface area contributed by atoms with Gasteiger partial charge in [0, 0.05) is 23.9 Å². The molecule has 0 bridgehead atoms. The van der Waals surface area contributed by atoms with Crippen LogP contribution in [0.5, 0.6) is 0 Å². The molecule has 2 saturated carbocycles. The smallest absolute Gasteiger partial charge is 0.106 e. The molecule has 1 aliphatic heterocycles. The molecule has 0 spiro atoms. The molecule has 0 aromatic heterocycles. The molecule has 0 radical (unpaired) electrons. The second kappa shape index (κ2) is 11.6. The van der Waals surface area contributed by atoms with Crippen LogP contribution < -0.4 is 0 Å². The summed E-state index contributed by atoms with van der Waals surface area (Å²) in [7, 11) is 2.27. The van der Waals surface area contributed by atoms with Crippen molar-refractivity contribution in [1.29, 1.82) is 0 Å². The van der Waals surface area contributed by atoms with E-state index in [-0.39, 0.29) is 0 Å². The largest absolute Gasteiger partial charge is 0.352 e. The Morgan fingerprint density at radius 1 is 1.03 bits per heavy atom. The lowest BCUT2D eigenvalue weighted by Crippen LogP contribution is -2.52. The molecule has 33 heavy (non-hydrogen) atoms. The molecule has 1 heterocycles. The van der Waals surface area contributed by atoms with Gasteiger partial charge in [0.05, 0.1) is 0 Å². The van der Waals surface area contributed by atoms with Gasteiger partial charge in [0.2, 0.25) is 0 Å². The Bertz CT molecular complexity index is 680. The molecule has 2 heteroatoms. The van der Waals surface area contributed by atoms with Crippen LogP contribution in [0.1, 0.15) is 113 Å². The summed E-state index contributed by atoms with van der Waals surface area (Å²) in [5.74, 6) is 5.52. The molecule has 0 aromatic rings. The van der Waals surface area contributed by atoms with E-state index >= 15 is 0 Å². The Morgan fingerprint density at radius 2 is 1.70 bits per heavy atom. The quantitative estimate of drug-likeness (QED) is 0.411. The van der Waals surface area contributed by atoms with Gasteiger partial charge >= 0.3 is 0 Å². The highest BCUT2D eigenvalue weighted by Crippen LogP contribution is 2.67. The first-order valence-electron chi connectivity index (χ1n) is 14.1. The average molecular weight is 458 g/mol. The summed E-state index contributed by atoms with van der Waals surface area (Å²) in [5.41, 5.74) is 3.92. The summed E-state index contributed by atoms with van der Waals surface area (Å²) in [6, 6.07) is 0. The van der Waals surface area contributed by atoms with E-state index in [4.69, 9.17) is 4.79 Å². The van der Waals surface area contributed by atoms with Gasteiger partial charge in [0.1, 0.15) is 6.79 Å². The van der Waals surface area contributed by atoms with Crippen molar-refractivity contribution in [1.82, 2.24) is 4.90 Å². The van der Waals surface area contributed by atoms with Gasteiger partial charge < -0.3 is 9.69 Å². The fourth-order valence-electron chi connectivity index (χ4n) is 8.68. The topological polar surface area (TPSA) is 20.3 Å². The van der Waals surface area contributed by atoms with E-state index in [0.29, 0.717) is 10.8 Å². The van der Waals surface area contributed by atoms with Crippen LogP contribution in [-0.2, 0) is 4.79 Å². The predicted molar refractivity (Wildman–Crippen MR) is 144 cm³/mol. The Hall–Kier alpha value is -1.05. The highest BCUT2D eigenvalue weighted by molar-refractivity contribution is 5.28. The average Bonchev–Trinajstić information content (AvgIpc) is 3.16. The van der Waals surface area contributed by atoms with Crippen molar-refractivity contribution < 1.29 is 4.79 Å². The number of nitrogens with zero attached hydrogens (tertiary/aromatic N) is 1. The third kappa shape index (κ3) is 5.15. The normalized spacial score (nSPS) is 38.0. The summed E-state index contributed by atoms with van der Waals surface area (Å²) in [4.78, 5) is 10.4. The molecule has 6 unspecified atom stereocenters. The zero-order chi connectivity index (χ0) is 25.0. The molecule has 1 saturated heterocycles. The van der Waals surface area contributed by atoms with E-state index in [1.807, 2.05) is 20.6 Å². The molecule has 7 atom stereocenters. The number of hydrogen-bond donors (Lipinski definition) is 0. The molecule has 3 fully saturated rings. The number of piperidine rings is 1. The second-order valence-electron chi connectivity index (χ2n) is 12.3. The van der Waals surface area contributed by atoms with Gasteiger partial charge in [-0.15, -0.1) is 0 Å². The van der Waals surface area contributed by atoms with Crippen molar-refractivity contribution >= 4 is 6.79 Å². The Balaban J connectivity index is 0.000000914. The minimum Gasteiger partial charge on any atom is -0.352 e. The Kier molecular flexibility index (Phi) is 9.90. The fourth-order valence-corrected chi connectivity index (χ4v) is 8.68. The van der Waals surface area contributed by atoms with Gasteiger partial charge in [-0.05, 0) is 85.9 Å². The SMILES string of the molecule is C=C1CC[C@@]2(C)C(=CCC3C4CCC(C(C)CCCC(C)C)C4(C)CCC32)N1C.C=O.CC. The van der Waals surface area contributed by atoms with Crippen LogP contribution in [0.4, 0.5) is 0 Å². The third-order valence-corrected chi connectivity index (χ3v) is 10.4. The Morgan fingerprint density at radius 3 is 2.33 bits per heavy atom. The number of rotatable bonds is 5. The first-order valence-corrected chi connectivity index (χ1v) is 14.1. The maximum atomic E-state index is 8.00. The lowest BCUT2D eigenvalue weighted by Gasteiger charge is -2.59. The predicted octanol–water partition coefficient (Wildman–Crippen LogP) is 8.88. The van der Waals surface area contributed by atoms with Gasteiger partial charge in [-0.2, -0.15) is 0 Å². The lowest BCUT2D eigenvalue weighted by molar-refractivity contribution is -0.0980. The molecular formula is C31H55NO. The van der Waals surface area contributed by atoms with E-state index in [2.05, 4.69) is 59.2 Å². The van der Waals surface area contributed by atoms with Crippen molar-refractivity contribution in [2.24, 2.45) is 46.3 Å². The number of likely N-dealkylation sites (tertiary alicyclic amines) is 1. The van der Waals surface area contributed by atoms with Crippen LogP contribution >= 0.6 is 0 Å². The van der Waals surface area contributed by atoms with Gasteiger partial charge in [-0.3, -0.25) is 0 Å². The number of hydrogen-bond acceptors (Lipinski definition) is 2. The highest BCUT2D eigenvalue weighted by atomic mass is 16.1. The molecule has 4 aliphatic rings. The minimum atomic E-state index is 0.390. The number of carbonyl (C=O) groups excluding carboxylic acids is 1. The van der Waals surface area contributed by atoms with Crippen molar-refractivity contribution in [3.63, 3.8) is 0 Å². The van der Waals surface area contributed by atoms with Crippen molar-refractivity contribution in [3.8, 4) is 0 Å². The number of fused-ring (bicyclic) bond motifs is 5. The van der Waals surface area contributed by atoms with Crippen molar-refractivity contribution in [2.75, 3.05) is 7.05 Å². The van der Waals surface area contributed by atoms with Crippen LogP contribution in [0.2, 0.25) is 0 Å². The summed E-state index contributed by atoms with van der Waals surface area (Å²) in [6.07, 6.45) is 16.7. The van der Waals surface area contributed by atoms with Gasteiger partial charge in [0.25, 0.3) is 0 Å². The lowest BCUT2D eigenvalue weighted by atomic mass is 9.48. The molecule has 4 rings (SSSR count). The summed E-state index contributed by atoms with van der Waals surface area (Å²) < 4.78 is 0. The van der Waals surface area contributed by atoms with Crippen LogP contribution in [0.25, 0.3) is 0 Å². The maximum Gasteiger partial charge on any atom is 0.106 e. The fraction of sp³-hybridized carbons (Fsp3) is 0.839. The maximum absolute atomic E-state index is 8.00. The van der Waals surface area contributed by atoms with Crippen LogP contribution in [-0.4, -0.2) is 18.7 Å². The summed E-state index contributed by atoms with van der Waals surface area (Å²) in [6.45, 7) is 23.0. The first-order chi connectivity index (χ1) is 15.7. The third-order valence-electron chi connectivity index (χ3n) is 10.4. The molecule has 190 valence electrons. The van der Waals surface area contributed by atoms with E-state index < -0.39 is 0 Å². The standard InChI is InChI=1S/C28H47N.C2H6.CH2O/c1-19(2)9-8-10-20(3)23-12-13-24-22-11-14-26-28(6,17-15-21(4)29(26)7)25(22)16-18-27(23,24)5;2*1-2/h14,19-20,22-25H,4,8-13,15-18H2,1-3,5-7H3;1-2H3;1H2/t20?,22?,23?,24?,25?,27?,28-;;/m1../s1. The van der Waals surface area contributed by atoms with Gasteiger partial charge in [-0.1, -0.05) is 80.4 Å². The van der Waals surface area contributed by atoms with E-state index in [0.717, 1.165) is 35.5 Å². The van der Waals surface area contributed by atoms with Crippen molar-refractivity contribution in [3.05, 3.63) is 24.0 Å². The summed E-state index contributed by atoms with van der Waals surface area (Å²) in [5, 5.41) is 0. The molecular weight excluding hydrogens is 402 g/mol. The highest BCUT2D eigenvalue weighted by Gasteiger charge is 2.59. The van der Waals surface area contributed by atoms with E-state index in [9.17, 15) is 0 Å².